The number of nitrogens with zero attached hydrogens (tertiary/aromatic N) is 4. The standard InChI is InChI=1S/C33H36N4O4/c1-33(2,3)41-32(39)35-17-6-5-10-29(35)37-21-23(19-34-37)18-24-13-16-28-30-26(24)8-7-9-27(30)31(38)36(28)20-22-11-14-25(40-4)15-12-22/h7-9,11-16,19,21,29H,5-6,10,17-18,20H2,1-4H3. The first kappa shape index (κ1) is 26.9. The van der Waals surface area contributed by atoms with Crippen molar-refractivity contribution in [2.45, 2.75) is 64.8 Å². The number of carbonyl (C=O) groups excluding carboxylic acids is 2. The number of amides is 2. The van der Waals surface area contributed by atoms with Crippen LogP contribution in [-0.4, -0.2) is 45.9 Å². The van der Waals surface area contributed by atoms with Crippen LogP contribution < -0.4 is 9.64 Å². The molecule has 2 amide bonds. The summed E-state index contributed by atoms with van der Waals surface area (Å²) in [5.74, 6) is 0.812. The van der Waals surface area contributed by atoms with E-state index in [1.54, 1.807) is 12.0 Å². The summed E-state index contributed by atoms with van der Waals surface area (Å²) in [4.78, 5) is 30.1. The first-order chi connectivity index (χ1) is 19.7. The fourth-order valence-corrected chi connectivity index (χ4v) is 5.91. The molecule has 41 heavy (non-hydrogen) atoms. The van der Waals surface area contributed by atoms with Crippen molar-refractivity contribution < 1.29 is 19.1 Å². The molecule has 1 fully saturated rings. The number of anilines is 1. The Morgan fingerprint density at radius 3 is 2.59 bits per heavy atom. The van der Waals surface area contributed by atoms with Crippen LogP contribution in [0, 0.1) is 0 Å². The van der Waals surface area contributed by atoms with Crippen molar-refractivity contribution in [3.8, 4) is 5.75 Å². The van der Waals surface area contributed by atoms with Crippen molar-refractivity contribution in [3.05, 3.63) is 89.2 Å². The minimum atomic E-state index is -0.546. The topological polar surface area (TPSA) is 76.9 Å². The van der Waals surface area contributed by atoms with E-state index in [0.717, 1.165) is 63.7 Å². The second kappa shape index (κ2) is 10.6. The van der Waals surface area contributed by atoms with Crippen LogP contribution in [0.25, 0.3) is 10.8 Å². The van der Waals surface area contributed by atoms with Gasteiger partial charge in [0.1, 0.15) is 17.5 Å². The zero-order valence-corrected chi connectivity index (χ0v) is 24.1. The maximum absolute atomic E-state index is 13.5. The molecule has 3 heterocycles. The van der Waals surface area contributed by atoms with E-state index in [2.05, 4.69) is 23.3 Å². The summed E-state index contributed by atoms with van der Waals surface area (Å²) < 4.78 is 12.9. The predicted octanol–water partition coefficient (Wildman–Crippen LogP) is 6.72. The van der Waals surface area contributed by atoms with E-state index in [4.69, 9.17) is 9.47 Å². The molecule has 1 atom stereocenters. The van der Waals surface area contributed by atoms with E-state index < -0.39 is 5.60 Å². The van der Waals surface area contributed by atoms with Crippen LogP contribution >= 0.6 is 0 Å². The smallest absolute Gasteiger partial charge is 0.411 e. The Labute approximate surface area is 240 Å². The number of benzene rings is 3. The van der Waals surface area contributed by atoms with Crippen LogP contribution in [0.15, 0.2) is 67.0 Å². The number of ether oxygens (including phenoxy) is 2. The molecule has 0 bridgehead atoms. The number of hydrogen-bond donors (Lipinski definition) is 0. The minimum Gasteiger partial charge on any atom is -0.497 e. The Hall–Kier alpha value is -4.33. The molecule has 0 saturated carbocycles. The summed E-state index contributed by atoms with van der Waals surface area (Å²) in [5, 5.41) is 6.75. The highest BCUT2D eigenvalue weighted by molar-refractivity contribution is 6.25. The van der Waals surface area contributed by atoms with Crippen molar-refractivity contribution in [3.63, 3.8) is 0 Å². The van der Waals surface area contributed by atoms with Crippen molar-refractivity contribution in [1.29, 1.82) is 0 Å². The van der Waals surface area contributed by atoms with Crippen LogP contribution in [0.4, 0.5) is 10.5 Å². The number of carbonyl (C=O) groups is 2. The molecular formula is C33H36N4O4. The highest BCUT2D eigenvalue weighted by Crippen LogP contribution is 2.40. The third-order valence-electron chi connectivity index (χ3n) is 7.83. The van der Waals surface area contributed by atoms with Gasteiger partial charge >= 0.3 is 6.09 Å². The molecule has 0 spiro atoms. The SMILES string of the molecule is COc1ccc(CN2C(=O)c3cccc4c(Cc5cnn(C6CCCCN6C(=O)OC(C)(C)C)c5)ccc2c34)cc1. The Kier molecular flexibility index (Phi) is 6.93. The largest absolute Gasteiger partial charge is 0.497 e. The van der Waals surface area contributed by atoms with E-state index in [9.17, 15) is 9.59 Å². The van der Waals surface area contributed by atoms with Gasteiger partial charge < -0.3 is 14.4 Å². The molecule has 6 rings (SSSR count). The lowest BCUT2D eigenvalue weighted by atomic mass is 9.97. The molecule has 212 valence electrons. The molecule has 3 aromatic carbocycles. The van der Waals surface area contributed by atoms with Gasteiger partial charge in [-0.3, -0.25) is 9.69 Å². The second-order valence-corrected chi connectivity index (χ2v) is 11.9. The van der Waals surface area contributed by atoms with Crippen LogP contribution in [0.3, 0.4) is 0 Å². The number of aromatic nitrogens is 2. The Bertz CT molecular complexity index is 1600. The molecule has 8 heteroatoms. The lowest BCUT2D eigenvalue weighted by Gasteiger charge is -2.36. The molecule has 0 aliphatic carbocycles. The van der Waals surface area contributed by atoms with Gasteiger partial charge in [0, 0.05) is 30.1 Å². The Balaban J connectivity index is 1.25. The fraction of sp³-hybridized carbons (Fsp3) is 0.364. The third-order valence-corrected chi connectivity index (χ3v) is 7.83. The summed E-state index contributed by atoms with van der Waals surface area (Å²) in [6, 6.07) is 18.0. The molecule has 1 saturated heterocycles. The van der Waals surface area contributed by atoms with Gasteiger partial charge in [0.2, 0.25) is 0 Å². The van der Waals surface area contributed by atoms with Gasteiger partial charge in [-0.25, -0.2) is 9.48 Å². The summed E-state index contributed by atoms with van der Waals surface area (Å²) in [6.45, 7) is 6.82. The number of rotatable bonds is 6. The molecular weight excluding hydrogens is 516 g/mol. The third kappa shape index (κ3) is 5.26. The van der Waals surface area contributed by atoms with Gasteiger partial charge in [-0.1, -0.05) is 30.3 Å². The minimum absolute atomic E-state index is 0.0194. The number of methoxy groups -OCH3 is 1. The molecule has 4 aromatic rings. The highest BCUT2D eigenvalue weighted by Gasteiger charge is 2.33. The monoisotopic (exact) mass is 552 g/mol. The van der Waals surface area contributed by atoms with Crippen molar-refractivity contribution in [2.75, 3.05) is 18.6 Å². The molecule has 2 aliphatic rings. The van der Waals surface area contributed by atoms with Crippen molar-refractivity contribution >= 4 is 28.5 Å². The van der Waals surface area contributed by atoms with Gasteiger partial charge in [0.15, 0.2) is 0 Å². The summed E-state index contributed by atoms with van der Waals surface area (Å²) in [7, 11) is 1.65. The van der Waals surface area contributed by atoms with Gasteiger partial charge in [-0.05, 0) is 86.4 Å². The zero-order valence-electron chi connectivity index (χ0n) is 24.1. The summed E-state index contributed by atoms with van der Waals surface area (Å²) in [5.41, 5.74) is 4.36. The first-order valence-electron chi connectivity index (χ1n) is 14.2. The summed E-state index contributed by atoms with van der Waals surface area (Å²) >= 11 is 0. The van der Waals surface area contributed by atoms with E-state index in [-0.39, 0.29) is 18.2 Å². The number of piperidine rings is 1. The van der Waals surface area contributed by atoms with Crippen LogP contribution in [0.1, 0.15) is 73.2 Å². The number of likely N-dealkylation sites (tertiary alicyclic amines) is 1. The van der Waals surface area contributed by atoms with Gasteiger partial charge in [-0.15, -0.1) is 0 Å². The van der Waals surface area contributed by atoms with E-state index >= 15 is 0 Å². The fourth-order valence-electron chi connectivity index (χ4n) is 5.91. The second-order valence-electron chi connectivity index (χ2n) is 11.9. The highest BCUT2D eigenvalue weighted by atomic mass is 16.6. The van der Waals surface area contributed by atoms with Gasteiger partial charge in [0.25, 0.3) is 5.91 Å². The average Bonchev–Trinajstić information content (AvgIpc) is 3.53. The molecule has 8 nitrogen and oxygen atoms in total. The molecule has 0 N–H and O–H groups in total. The lowest BCUT2D eigenvalue weighted by molar-refractivity contribution is -0.00347. The van der Waals surface area contributed by atoms with Crippen molar-refractivity contribution in [2.24, 2.45) is 0 Å². The number of hydrogen-bond acceptors (Lipinski definition) is 5. The zero-order chi connectivity index (χ0) is 28.7. The Morgan fingerprint density at radius 2 is 1.83 bits per heavy atom. The normalized spacial score (nSPS) is 16.9. The van der Waals surface area contributed by atoms with E-state index in [1.807, 2.05) is 79.1 Å². The van der Waals surface area contributed by atoms with Crippen molar-refractivity contribution in [1.82, 2.24) is 14.7 Å². The first-order valence-corrected chi connectivity index (χ1v) is 14.2. The maximum Gasteiger partial charge on any atom is 0.411 e. The molecule has 1 unspecified atom stereocenters. The quantitative estimate of drug-likeness (QED) is 0.266. The van der Waals surface area contributed by atoms with E-state index in [0.29, 0.717) is 19.5 Å². The van der Waals surface area contributed by atoms with Gasteiger partial charge in [0.05, 0.1) is 25.5 Å². The molecule has 1 aromatic heterocycles. The van der Waals surface area contributed by atoms with Crippen LogP contribution in [0.2, 0.25) is 0 Å². The van der Waals surface area contributed by atoms with Gasteiger partial charge in [-0.2, -0.15) is 5.10 Å². The van der Waals surface area contributed by atoms with Crippen LogP contribution in [-0.2, 0) is 17.7 Å². The summed E-state index contributed by atoms with van der Waals surface area (Å²) in [6.07, 6.45) is 6.97. The van der Waals surface area contributed by atoms with Crippen LogP contribution in [0.5, 0.6) is 5.75 Å². The average molecular weight is 553 g/mol. The predicted molar refractivity (Wildman–Crippen MR) is 158 cm³/mol. The molecule has 2 aliphatic heterocycles. The maximum atomic E-state index is 13.5. The lowest BCUT2D eigenvalue weighted by Crippen LogP contribution is -2.44. The molecule has 0 radical (unpaired) electrons. The Morgan fingerprint density at radius 1 is 1.02 bits per heavy atom. The van der Waals surface area contributed by atoms with E-state index in [1.165, 1.54) is 0 Å².